The number of benzene rings is 3. The van der Waals surface area contributed by atoms with Crippen LogP contribution in [-0.2, 0) is 26.2 Å². The van der Waals surface area contributed by atoms with Gasteiger partial charge < -0.3 is 19.7 Å². The quantitative estimate of drug-likeness (QED) is 0.283. The van der Waals surface area contributed by atoms with Crippen LogP contribution in [0.4, 0.5) is 5.69 Å². The van der Waals surface area contributed by atoms with Crippen LogP contribution in [0.3, 0.4) is 0 Å². The van der Waals surface area contributed by atoms with Gasteiger partial charge in [0.2, 0.25) is 11.8 Å². The predicted octanol–water partition coefficient (Wildman–Crippen LogP) is 5.15. The van der Waals surface area contributed by atoms with E-state index in [0.29, 0.717) is 34.3 Å². The molecule has 12 heteroatoms. The first-order valence-corrected chi connectivity index (χ1v) is 15.0. The van der Waals surface area contributed by atoms with Crippen LogP contribution in [0, 0.1) is 0 Å². The predicted molar refractivity (Wildman–Crippen MR) is 160 cm³/mol. The zero-order valence-electron chi connectivity index (χ0n) is 23.3. The number of rotatable bonds is 13. The smallest absolute Gasteiger partial charge is 0.264 e. The van der Waals surface area contributed by atoms with E-state index < -0.39 is 28.5 Å². The molecule has 0 saturated carbocycles. The van der Waals surface area contributed by atoms with Crippen molar-refractivity contribution in [2.45, 2.75) is 37.8 Å². The van der Waals surface area contributed by atoms with E-state index in [2.05, 4.69) is 5.32 Å². The molecule has 0 fully saturated rings. The molecule has 0 aliphatic heterocycles. The molecule has 0 aliphatic rings. The second kappa shape index (κ2) is 14.4. The van der Waals surface area contributed by atoms with Crippen molar-refractivity contribution in [1.29, 1.82) is 0 Å². The fourth-order valence-corrected chi connectivity index (χ4v) is 5.93. The number of nitrogens with one attached hydrogen (secondary N) is 1. The highest BCUT2D eigenvalue weighted by Gasteiger charge is 2.34. The number of hydrogen-bond acceptors (Lipinski definition) is 6. The zero-order chi connectivity index (χ0) is 30.2. The second-order valence-electron chi connectivity index (χ2n) is 9.08. The topological polar surface area (TPSA) is 105 Å². The Morgan fingerprint density at radius 3 is 2.27 bits per heavy atom. The van der Waals surface area contributed by atoms with Crippen LogP contribution in [0.25, 0.3) is 0 Å². The van der Waals surface area contributed by atoms with Gasteiger partial charge in [0.15, 0.2) is 0 Å². The van der Waals surface area contributed by atoms with Gasteiger partial charge in [-0.15, -0.1) is 0 Å². The van der Waals surface area contributed by atoms with Crippen LogP contribution in [0.2, 0.25) is 10.0 Å². The molecule has 0 saturated heterocycles. The minimum absolute atomic E-state index is 0.0574. The van der Waals surface area contributed by atoms with Gasteiger partial charge in [0, 0.05) is 23.1 Å². The highest BCUT2D eigenvalue weighted by Crippen LogP contribution is 2.33. The molecule has 0 aromatic heterocycles. The van der Waals surface area contributed by atoms with E-state index in [1.165, 1.54) is 49.5 Å². The van der Waals surface area contributed by atoms with Gasteiger partial charge in [-0.25, -0.2) is 8.42 Å². The van der Waals surface area contributed by atoms with Crippen LogP contribution < -0.4 is 19.1 Å². The molecule has 0 heterocycles. The maximum Gasteiger partial charge on any atom is 0.264 e. The standard InChI is InChI=1S/C29H33Cl2N3O6S/c1-5-16-32-29(36)20(2)33(18-21-10-11-22(30)17-25(21)31)28(35)19-34(26-8-6-7-9-27(26)40-4)41(37,38)24-14-12-23(39-3)13-15-24/h6-15,17,20H,5,16,18-19H2,1-4H3,(H,32,36). The van der Waals surface area contributed by atoms with E-state index in [1.54, 1.807) is 43.3 Å². The third-order valence-electron chi connectivity index (χ3n) is 6.35. The fraction of sp³-hybridized carbons (Fsp3) is 0.310. The van der Waals surface area contributed by atoms with E-state index in [0.717, 1.165) is 4.31 Å². The number of carbonyl (C=O) groups is 2. The Morgan fingerprint density at radius 2 is 1.66 bits per heavy atom. The summed E-state index contributed by atoms with van der Waals surface area (Å²) in [6.45, 7) is 3.24. The van der Waals surface area contributed by atoms with E-state index in [4.69, 9.17) is 32.7 Å². The van der Waals surface area contributed by atoms with Crippen molar-refractivity contribution in [3.05, 3.63) is 82.3 Å². The number of anilines is 1. The summed E-state index contributed by atoms with van der Waals surface area (Å²) < 4.78 is 39.6. The normalized spacial score (nSPS) is 11.9. The number of amides is 2. The van der Waals surface area contributed by atoms with Crippen molar-refractivity contribution in [1.82, 2.24) is 10.2 Å². The minimum atomic E-state index is -4.28. The highest BCUT2D eigenvalue weighted by atomic mass is 35.5. The van der Waals surface area contributed by atoms with Crippen LogP contribution in [0.5, 0.6) is 11.5 Å². The van der Waals surface area contributed by atoms with Crippen LogP contribution >= 0.6 is 23.2 Å². The molecule has 3 rings (SSSR count). The number of para-hydroxylation sites is 2. The number of hydrogen-bond donors (Lipinski definition) is 1. The lowest BCUT2D eigenvalue weighted by atomic mass is 10.1. The lowest BCUT2D eigenvalue weighted by Gasteiger charge is -2.32. The Hall–Kier alpha value is -3.47. The number of sulfonamides is 1. The Bertz CT molecular complexity index is 1470. The fourth-order valence-electron chi connectivity index (χ4n) is 4.04. The molecule has 1 unspecified atom stereocenters. The Kier molecular flexibility index (Phi) is 11.3. The van der Waals surface area contributed by atoms with Crippen LogP contribution in [0.1, 0.15) is 25.8 Å². The van der Waals surface area contributed by atoms with Gasteiger partial charge in [-0.3, -0.25) is 13.9 Å². The maximum atomic E-state index is 14.0. The van der Waals surface area contributed by atoms with E-state index >= 15 is 0 Å². The van der Waals surface area contributed by atoms with Crippen LogP contribution in [0.15, 0.2) is 71.6 Å². The number of halogens is 2. The molecule has 3 aromatic rings. The van der Waals surface area contributed by atoms with Gasteiger partial charge in [0.1, 0.15) is 24.1 Å². The Balaban J connectivity index is 2.08. The number of nitrogens with zero attached hydrogens (tertiary/aromatic N) is 2. The third-order valence-corrected chi connectivity index (χ3v) is 8.71. The number of ether oxygens (including phenoxy) is 2. The van der Waals surface area contributed by atoms with Gasteiger partial charge in [-0.2, -0.15) is 0 Å². The molecule has 41 heavy (non-hydrogen) atoms. The molecule has 220 valence electrons. The largest absolute Gasteiger partial charge is 0.497 e. The summed E-state index contributed by atoms with van der Waals surface area (Å²) in [4.78, 5) is 28.2. The van der Waals surface area contributed by atoms with Gasteiger partial charge >= 0.3 is 0 Å². The average molecular weight is 623 g/mol. The monoisotopic (exact) mass is 621 g/mol. The van der Waals surface area contributed by atoms with Crippen molar-refractivity contribution in [2.24, 2.45) is 0 Å². The average Bonchev–Trinajstić information content (AvgIpc) is 2.97. The first-order valence-electron chi connectivity index (χ1n) is 12.8. The molecule has 0 radical (unpaired) electrons. The second-order valence-corrected chi connectivity index (χ2v) is 11.8. The van der Waals surface area contributed by atoms with Crippen molar-refractivity contribution in [3.63, 3.8) is 0 Å². The SMILES string of the molecule is CCCNC(=O)C(C)N(Cc1ccc(Cl)cc1Cl)C(=O)CN(c1ccccc1OC)S(=O)(=O)c1ccc(OC)cc1. The van der Waals surface area contributed by atoms with Crippen molar-refractivity contribution >= 4 is 50.7 Å². The molecule has 3 aromatic carbocycles. The summed E-state index contributed by atoms with van der Waals surface area (Å²) in [7, 11) is -1.40. The molecule has 1 N–H and O–H groups in total. The Labute approximate surface area is 251 Å². The molecule has 9 nitrogen and oxygen atoms in total. The van der Waals surface area contributed by atoms with E-state index in [9.17, 15) is 18.0 Å². The maximum absolute atomic E-state index is 14.0. The summed E-state index contributed by atoms with van der Waals surface area (Å²) in [5.74, 6) is -0.287. The molecule has 0 aliphatic carbocycles. The molecule has 2 amide bonds. The van der Waals surface area contributed by atoms with Crippen molar-refractivity contribution < 1.29 is 27.5 Å². The summed E-state index contributed by atoms with van der Waals surface area (Å²) in [6, 6.07) is 16.2. The molecule has 0 bridgehead atoms. The van der Waals surface area contributed by atoms with Gasteiger partial charge in [0.25, 0.3) is 10.0 Å². The van der Waals surface area contributed by atoms with Crippen LogP contribution in [-0.4, -0.2) is 58.5 Å². The molecular formula is C29H33Cl2N3O6S. The van der Waals surface area contributed by atoms with E-state index in [1.807, 2.05) is 6.92 Å². The number of carbonyl (C=O) groups excluding carboxylic acids is 2. The molecular weight excluding hydrogens is 589 g/mol. The first kappa shape index (κ1) is 32.0. The summed E-state index contributed by atoms with van der Waals surface area (Å²) in [5, 5.41) is 3.52. The van der Waals surface area contributed by atoms with Crippen molar-refractivity contribution in [2.75, 3.05) is 31.6 Å². The Morgan fingerprint density at radius 1 is 0.976 bits per heavy atom. The third kappa shape index (κ3) is 7.84. The zero-order valence-corrected chi connectivity index (χ0v) is 25.6. The first-order chi connectivity index (χ1) is 19.5. The number of methoxy groups -OCH3 is 2. The lowest BCUT2D eigenvalue weighted by Crippen LogP contribution is -2.51. The summed E-state index contributed by atoms with van der Waals surface area (Å²) >= 11 is 12.5. The van der Waals surface area contributed by atoms with Crippen molar-refractivity contribution in [3.8, 4) is 11.5 Å². The molecule has 0 spiro atoms. The lowest BCUT2D eigenvalue weighted by molar-refractivity contribution is -0.139. The highest BCUT2D eigenvalue weighted by molar-refractivity contribution is 7.92. The van der Waals surface area contributed by atoms with Gasteiger partial charge in [0.05, 0.1) is 24.8 Å². The minimum Gasteiger partial charge on any atom is -0.497 e. The van der Waals surface area contributed by atoms with Gasteiger partial charge in [-0.05, 0) is 67.4 Å². The van der Waals surface area contributed by atoms with Gasteiger partial charge in [-0.1, -0.05) is 48.3 Å². The summed E-state index contributed by atoms with van der Waals surface area (Å²) in [6.07, 6.45) is 0.705. The van der Waals surface area contributed by atoms with E-state index in [-0.39, 0.29) is 28.8 Å². The molecule has 1 atom stereocenters. The summed E-state index contributed by atoms with van der Waals surface area (Å²) in [5.41, 5.74) is 0.702.